The van der Waals surface area contributed by atoms with Crippen molar-refractivity contribution in [3.05, 3.63) is 70.5 Å². The minimum absolute atomic E-state index is 0.172. The van der Waals surface area contributed by atoms with Gasteiger partial charge >= 0.3 is 0 Å². The monoisotopic (exact) mass is 265 g/mol. The van der Waals surface area contributed by atoms with Crippen molar-refractivity contribution in [3.63, 3.8) is 0 Å². The molecule has 1 N–H and O–H groups in total. The van der Waals surface area contributed by atoms with E-state index in [0.29, 0.717) is 0 Å². The van der Waals surface area contributed by atoms with E-state index in [-0.39, 0.29) is 11.1 Å². The second-order valence-corrected chi connectivity index (χ2v) is 4.38. The van der Waals surface area contributed by atoms with Crippen LogP contribution in [0, 0.1) is 24.4 Å². The third-order valence-electron chi connectivity index (χ3n) is 3.04. The highest BCUT2D eigenvalue weighted by Gasteiger charge is 2.23. The highest BCUT2D eigenvalue weighted by molar-refractivity contribution is 5.36. The van der Waals surface area contributed by atoms with E-state index >= 15 is 0 Å². The van der Waals surface area contributed by atoms with Crippen LogP contribution in [0.2, 0.25) is 0 Å². The van der Waals surface area contributed by atoms with Gasteiger partial charge in [0.2, 0.25) is 0 Å². The summed E-state index contributed by atoms with van der Waals surface area (Å²) in [4.78, 5) is 0. The van der Waals surface area contributed by atoms with Crippen LogP contribution in [0.5, 0.6) is 0 Å². The van der Waals surface area contributed by atoms with Crippen molar-refractivity contribution < 1.29 is 13.2 Å². The first-order chi connectivity index (χ1) is 9.04. The third-order valence-corrected chi connectivity index (χ3v) is 3.04. The van der Waals surface area contributed by atoms with Crippen molar-refractivity contribution in [3.8, 4) is 0 Å². The number of hydrogen-bond donors (Lipinski definition) is 1. The Morgan fingerprint density at radius 3 is 2.16 bits per heavy atom. The zero-order valence-electron chi connectivity index (χ0n) is 10.7. The smallest absolute Gasteiger partial charge is 0.131 e. The summed E-state index contributed by atoms with van der Waals surface area (Å²) in [5, 5.41) is 2.76. The van der Waals surface area contributed by atoms with E-state index in [1.165, 1.54) is 12.1 Å². The minimum Gasteiger partial charge on any atom is -0.309 e. The van der Waals surface area contributed by atoms with Gasteiger partial charge < -0.3 is 5.32 Å². The molecule has 1 nitrogen and oxygen atoms in total. The fourth-order valence-electron chi connectivity index (χ4n) is 2.13. The average molecular weight is 265 g/mol. The number of nitrogens with one attached hydrogen (secondary N) is 1. The Morgan fingerprint density at radius 2 is 1.58 bits per heavy atom. The molecule has 0 bridgehead atoms. The molecule has 0 amide bonds. The van der Waals surface area contributed by atoms with Gasteiger partial charge in [-0.3, -0.25) is 0 Å². The minimum atomic E-state index is -0.860. The molecule has 4 heteroatoms. The molecule has 19 heavy (non-hydrogen) atoms. The van der Waals surface area contributed by atoms with Gasteiger partial charge in [-0.25, -0.2) is 13.2 Å². The second-order valence-electron chi connectivity index (χ2n) is 4.38. The molecular formula is C15H14F3N. The maximum atomic E-state index is 13.9. The highest BCUT2D eigenvalue weighted by atomic mass is 19.1. The predicted octanol–water partition coefficient (Wildman–Crippen LogP) is 3.72. The number of benzene rings is 2. The van der Waals surface area contributed by atoms with Crippen LogP contribution in [0.15, 0.2) is 36.4 Å². The summed E-state index contributed by atoms with van der Waals surface area (Å²) in [6.07, 6.45) is 0. The van der Waals surface area contributed by atoms with E-state index in [9.17, 15) is 13.2 Å². The fraction of sp³-hybridized carbons (Fsp3) is 0.200. The van der Waals surface area contributed by atoms with Gasteiger partial charge in [0, 0.05) is 11.1 Å². The van der Waals surface area contributed by atoms with Gasteiger partial charge in [0.05, 0.1) is 6.04 Å². The number of hydrogen-bond acceptors (Lipinski definition) is 1. The molecule has 1 unspecified atom stereocenters. The van der Waals surface area contributed by atoms with Crippen molar-refractivity contribution in [2.24, 2.45) is 0 Å². The van der Waals surface area contributed by atoms with E-state index in [1.807, 2.05) is 0 Å². The Morgan fingerprint density at radius 1 is 0.947 bits per heavy atom. The quantitative estimate of drug-likeness (QED) is 0.891. The normalized spacial score (nSPS) is 12.5. The lowest BCUT2D eigenvalue weighted by Gasteiger charge is -2.19. The standard InChI is InChI=1S/C15H14F3N/c1-9-6-7-11(16)10(8-9)15(19-2)14-12(17)4-3-5-13(14)18/h3-8,15,19H,1-2H3. The molecule has 0 fully saturated rings. The molecule has 2 rings (SSSR count). The zero-order chi connectivity index (χ0) is 14.0. The van der Waals surface area contributed by atoms with E-state index in [0.717, 1.165) is 17.7 Å². The van der Waals surface area contributed by atoms with Gasteiger partial charge in [-0.15, -0.1) is 0 Å². The lowest BCUT2D eigenvalue weighted by Crippen LogP contribution is -2.21. The lowest BCUT2D eigenvalue weighted by atomic mass is 9.96. The Balaban J connectivity index is 2.59. The Kier molecular flexibility index (Phi) is 3.90. The van der Waals surface area contributed by atoms with E-state index in [2.05, 4.69) is 5.32 Å². The van der Waals surface area contributed by atoms with E-state index in [4.69, 9.17) is 0 Å². The maximum Gasteiger partial charge on any atom is 0.131 e. The molecular weight excluding hydrogens is 251 g/mol. The molecule has 2 aromatic carbocycles. The van der Waals surface area contributed by atoms with Gasteiger partial charge in [-0.05, 0) is 32.2 Å². The number of aryl methyl sites for hydroxylation is 1. The molecule has 0 saturated carbocycles. The van der Waals surface area contributed by atoms with Crippen molar-refractivity contribution in [1.82, 2.24) is 5.32 Å². The lowest BCUT2D eigenvalue weighted by molar-refractivity contribution is 0.507. The van der Waals surface area contributed by atoms with Crippen LogP contribution in [-0.2, 0) is 0 Å². The van der Waals surface area contributed by atoms with Crippen LogP contribution in [0.3, 0.4) is 0 Å². The molecule has 0 aliphatic rings. The van der Waals surface area contributed by atoms with Gasteiger partial charge in [0.1, 0.15) is 17.5 Å². The summed E-state index contributed by atoms with van der Waals surface area (Å²) < 4.78 is 41.5. The van der Waals surface area contributed by atoms with Crippen LogP contribution in [0.4, 0.5) is 13.2 Å². The SMILES string of the molecule is CNC(c1cc(C)ccc1F)c1c(F)cccc1F. The first-order valence-electron chi connectivity index (χ1n) is 5.92. The Hall–Kier alpha value is -1.81. The number of rotatable bonds is 3. The predicted molar refractivity (Wildman–Crippen MR) is 68.4 cm³/mol. The summed E-state index contributed by atoms with van der Waals surface area (Å²) in [6.45, 7) is 1.80. The summed E-state index contributed by atoms with van der Waals surface area (Å²) in [5.41, 5.74) is 0.884. The van der Waals surface area contributed by atoms with E-state index in [1.54, 1.807) is 26.1 Å². The molecule has 0 aromatic heterocycles. The van der Waals surface area contributed by atoms with Crippen molar-refractivity contribution >= 4 is 0 Å². The molecule has 0 spiro atoms. The second kappa shape index (κ2) is 5.45. The first kappa shape index (κ1) is 13.6. The third kappa shape index (κ3) is 2.63. The van der Waals surface area contributed by atoms with Crippen molar-refractivity contribution in [1.29, 1.82) is 0 Å². The molecule has 0 radical (unpaired) electrons. The van der Waals surface area contributed by atoms with Crippen LogP contribution in [0.25, 0.3) is 0 Å². The summed E-state index contributed by atoms with van der Waals surface area (Å²) in [6, 6.07) is 7.25. The van der Waals surface area contributed by atoms with Crippen LogP contribution in [-0.4, -0.2) is 7.05 Å². The fourth-order valence-corrected chi connectivity index (χ4v) is 2.13. The average Bonchev–Trinajstić information content (AvgIpc) is 2.37. The van der Waals surface area contributed by atoms with Crippen LogP contribution < -0.4 is 5.32 Å². The molecule has 0 aliphatic carbocycles. The Bertz CT molecular complexity index is 576. The zero-order valence-corrected chi connectivity index (χ0v) is 10.7. The summed E-state index contributed by atoms with van der Waals surface area (Å²) >= 11 is 0. The Labute approximate surface area is 110 Å². The van der Waals surface area contributed by atoms with E-state index < -0.39 is 23.5 Å². The van der Waals surface area contributed by atoms with Crippen LogP contribution >= 0.6 is 0 Å². The molecule has 1 atom stereocenters. The van der Waals surface area contributed by atoms with Gasteiger partial charge in [-0.1, -0.05) is 23.8 Å². The first-order valence-corrected chi connectivity index (χ1v) is 5.92. The van der Waals surface area contributed by atoms with Crippen LogP contribution in [0.1, 0.15) is 22.7 Å². The van der Waals surface area contributed by atoms with Gasteiger partial charge in [-0.2, -0.15) is 0 Å². The summed E-state index contributed by atoms with van der Waals surface area (Å²) in [7, 11) is 1.54. The molecule has 0 heterocycles. The van der Waals surface area contributed by atoms with Gasteiger partial charge in [0.25, 0.3) is 0 Å². The van der Waals surface area contributed by atoms with Gasteiger partial charge in [0.15, 0.2) is 0 Å². The topological polar surface area (TPSA) is 12.0 Å². The van der Waals surface area contributed by atoms with Crippen molar-refractivity contribution in [2.75, 3.05) is 7.05 Å². The highest BCUT2D eigenvalue weighted by Crippen LogP contribution is 2.28. The number of halogens is 3. The summed E-state index contributed by atoms with van der Waals surface area (Å²) in [5.74, 6) is -1.88. The molecule has 0 aliphatic heterocycles. The molecule has 100 valence electrons. The maximum absolute atomic E-state index is 13.9. The molecule has 2 aromatic rings. The van der Waals surface area contributed by atoms with Crippen molar-refractivity contribution in [2.45, 2.75) is 13.0 Å². The largest absolute Gasteiger partial charge is 0.309 e. The molecule has 0 saturated heterocycles.